The molecule has 0 aromatic heterocycles. The maximum Gasteiger partial charge on any atom is 0.0846 e. The smallest absolute Gasteiger partial charge is 0.0846 e. The number of benzene rings is 2. The second kappa shape index (κ2) is 4.66. The molecule has 1 N–H and O–H groups in total. The number of rotatable bonds is 3. The monoisotopic (exact) mass is 213 g/mol. The fourth-order valence-electron chi connectivity index (χ4n) is 1.63. The van der Waals surface area contributed by atoms with E-state index in [-0.39, 0.29) is 6.54 Å². The zero-order valence-corrected chi connectivity index (χ0v) is 8.61. The molecule has 0 spiro atoms. The van der Waals surface area contributed by atoms with E-state index in [2.05, 4.69) is 10.0 Å². The molecule has 0 saturated carbocycles. The van der Waals surface area contributed by atoms with E-state index in [4.69, 9.17) is 5.53 Å². The molecule has 0 saturated heterocycles. The van der Waals surface area contributed by atoms with Gasteiger partial charge in [-0.2, -0.15) is 0 Å². The van der Waals surface area contributed by atoms with Crippen molar-refractivity contribution in [2.75, 3.05) is 6.54 Å². The lowest BCUT2D eigenvalue weighted by Gasteiger charge is -2.08. The highest BCUT2D eigenvalue weighted by Crippen LogP contribution is 2.20. The SMILES string of the molecule is [N-]=[N+]=NC[C@H](O)c1ccc2ccccc2c1. The lowest BCUT2D eigenvalue weighted by molar-refractivity contribution is 0.187. The summed E-state index contributed by atoms with van der Waals surface area (Å²) in [4.78, 5) is 2.63. The summed E-state index contributed by atoms with van der Waals surface area (Å²) < 4.78 is 0. The molecule has 2 rings (SSSR count). The first-order valence-electron chi connectivity index (χ1n) is 4.99. The fraction of sp³-hybridized carbons (Fsp3) is 0.167. The largest absolute Gasteiger partial charge is 0.388 e. The van der Waals surface area contributed by atoms with E-state index in [0.717, 1.165) is 16.3 Å². The number of hydrogen-bond donors (Lipinski definition) is 1. The summed E-state index contributed by atoms with van der Waals surface area (Å²) in [5, 5.41) is 15.3. The molecular weight excluding hydrogens is 202 g/mol. The van der Waals surface area contributed by atoms with Gasteiger partial charge in [0, 0.05) is 4.91 Å². The zero-order valence-electron chi connectivity index (χ0n) is 8.61. The molecule has 4 heteroatoms. The third kappa shape index (κ3) is 2.14. The molecule has 0 bridgehead atoms. The number of nitrogens with zero attached hydrogens (tertiary/aromatic N) is 3. The van der Waals surface area contributed by atoms with E-state index in [1.165, 1.54) is 0 Å². The normalized spacial score (nSPS) is 12.1. The number of hydrogen-bond acceptors (Lipinski definition) is 2. The van der Waals surface area contributed by atoms with Gasteiger partial charge in [0.05, 0.1) is 12.6 Å². The highest BCUT2D eigenvalue weighted by Gasteiger charge is 2.06. The quantitative estimate of drug-likeness (QED) is 0.474. The van der Waals surface area contributed by atoms with Crippen LogP contribution >= 0.6 is 0 Å². The van der Waals surface area contributed by atoms with E-state index in [1.807, 2.05) is 42.5 Å². The summed E-state index contributed by atoms with van der Waals surface area (Å²) in [5.41, 5.74) is 8.95. The molecular formula is C12H11N3O. The van der Waals surface area contributed by atoms with Crippen LogP contribution in [0.15, 0.2) is 47.6 Å². The number of azide groups is 1. The first kappa shape index (κ1) is 10.5. The molecule has 0 radical (unpaired) electrons. The minimum atomic E-state index is -0.736. The van der Waals surface area contributed by atoms with Crippen LogP contribution in [0.5, 0.6) is 0 Å². The van der Waals surface area contributed by atoms with Gasteiger partial charge < -0.3 is 5.11 Å². The summed E-state index contributed by atoms with van der Waals surface area (Å²) in [6.45, 7) is 0.0643. The van der Waals surface area contributed by atoms with E-state index >= 15 is 0 Å². The Bertz CT molecular complexity index is 547. The van der Waals surface area contributed by atoms with Crippen LogP contribution in [0, 0.1) is 0 Å². The molecule has 16 heavy (non-hydrogen) atoms. The van der Waals surface area contributed by atoms with Gasteiger partial charge in [-0.1, -0.05) is 41.5 Å². The number of fused-ring (bicyclic) bond motifs is 1. The van der Waals surface area contributed by atoms with Crippen molar-refractivity contribution in [1.82, 2.24) is 0 Å². The van der Waals surface area contributed by atoms with Crippen LogP contribution in [-0.4, -0.2) is 11.7 Å². The van der Waals surface area contributed by atoms with E-state index in [9.17, 15) is 5.11 Å². The molecule has 0 aliphatic rings. The predicted molar refractivity (Wildman–Crippen MR) is 62.9 cm³/mol. The average molecular weight is 213 g/mol. The minimum absolute atomic E-state index is 0.0643. The standard InChI is InChI=1S/C12H11N3O/c13-15-14-8-12(16)11-6-5-9-3-1-2-4-10(9)7-11/h1-7,12,16H,8H2/t12-/m0/s1. The molecule has 0 aliphatic carbocycles. The first-order chi connectivity index (χ1) is 7.81. The van der Waals surface area contributed by atoms with Gasteiger partial charge in [-0.3, -0.25) is 0 Å². The average Bonchev–Trinajstić information content (AvgIpc) is 2.35. The van der Waals surface area contributed by atoms with Crippen molar-refractivity contribution in [2.45, 2.75) is 6.10 Å². The molecule has 0 aliphatic heterocycles. The lowest BCUT2D eigenvalue weighted by Crippen LogP contribution is -2.00. The maximum atomic E-state index is 9.75. The summed E-state index contributed by atoms with van der Waals surface area (Å²) >= 11 is 0. The highest BCUT2D eigenvalue weighted by atomic mass is 16.3. The van der Waals surface area contributed by atoms with Crippen molar-refractivity contribution >= 4 is 10.8 Å². The minimum Gasteiger partial charge on any atom is -0.388 e. The topological polar surface area (TPSA) is 69.0 Å². The van der Waals surface area contributed by atoms with Gasteiger partial charge in [0.15, 0.2) is 0 Å². The van der Waals surface area contributed by atoms with E-state index < -0.39 is 6.10 Å². The molecule has 0 heterocycles. The Morgan fingerprint density at radius 2 is 1.94 bits per heavy atom. The van der Waals surface area contributed by atoms with Gasteiger partial charge in [-0.05, 0) is 27.9 Å². The van der Waals surface area contributed by atoms with Crippen LogP contribution < -0.4 is 0 Å². The Kier molecular flexibility index (Phi) is 3.05. The highest BCUT2D eigenvalue weighted by molar-refractivity contribution is 5.83. The lowest BCUT2D eigenvalue weighted by atomic mass is 10.0. The van der Waals surface area contributed by atoms with Crippen molar-refractivity contribution < 1.29 is 5.11 Å². The molecule has 0 amide bonds. The Morgan fingerprint density at radius 1 is 1.19 bits per heavy atom. The van der Waals surface area contributed by atoms with Crippen LogP contribution in [-0.2, 0) is 0 Å². The van der Waals surface area contributed by atoms with Crippen molar-refractivity contribution in [1.29, 1.82) is 0 Å². The molecule has 2 aromatic carbocycles. The predicted octanol–water partition coefficient (Wildman–Crippen LogP) is 3.18. The number of aliphatic hydroxyl groups excluding tert-OH is 1. The van der Waals surface area contributed by atoms with Gasteiger partial charge in [0.2, 0.25) is 0 Å². The number of aliphatic hydroxyl groups is 1. The summed E-state index contributed by atoms with van der Waals surface area (Å²) in [7, 11) is 0. The van der Waals surface area contributed by atoms with Crippen LogP contribution in [0.2, 0.25) is 0 Å². The van der Waals surface area contributed by atoms with Crippen molar-refractivity contribution in [3.05, 3.63) is 58.5 Å². The van der Waals surface area contributed by atoms with Gasteiger partial charge in [0.25, 0.3) is 0 Å². The van der Waals surface area contributed by atoms with E-state index in [1.54, 1.807) is 0 Å². The van der Waals surface area contributed by atoms with Gasteiger partial charge >= 0.3 is 0 Å². The Hall–Kier alpha value is -2.03. The summed E-state index contributed by atoms with van der Waals surface area (Å²) in [5.74, 6) is 0. The van der Waals surface area contributed by atoms with Gasteiger partial charge in [0.1, 0.15) is 0 Å². The van der Waals surface area contributed by atoms with Gasteiger partial charge in [-0.25, -0.2) is 0 Å². The summed E-state index contributed by atoms with van der Waals surface area (Å²) in [6, 6.07) is 13.6. The van der Waals surface area contributed by atoms with Crippen molar-refractivity contribution in [3.8, 4) is 0 Å². The molecule has 80 valence electrons. The maximum absolute atomic E-state index is 9.75. The fourth-order valence-corrected chi connectivity index (χ4v) is 1.63. The molecule has 0 unspecified atom stereocenters. The molecule has 0 fully saturated rings. The Balaban J connectivity index is 2.35. The third-order valence-corrected chi connectivity index (χ3v) is 2.48. The molecule has 2 aromatic rings. The second-order valence-corrected chi connectivity index (χ2v) is 3.54. The van der Waals surface area contributed by atoms with Crippen LogP contribution in [0.3, 0.4) is 0 Å². The van der Waals surface area contributed by atoms with Crippen molar-refractivity contribution in [2.24, 2.45) is 5.11 Å². The third-order valence-electron chi connectivity index (χ3n) is 2.48. The van der Waals surface area contributed by atoms with E-state index in [0.29, 0.717) is 0 Å². The summed E-state index contributed by atoms with van der Waals surface area (Å²) in [6.07, 6.45) is -0.736. The zero-order chi connectivity index (χ0) is 11.4. The molecule has 1 atom stereocenters. The van der Waals surface area contributed by atoms with Crippen molar-refractivity contribution in [3.63, 3.8) is 0 Å². The Morgan fingerprint density at radius 3 is 2.69 bits per heavy atom. The van der Waals surface area contributed by atoms with Crippen LogP contribution in [0.25, 0.3) is 21.2 Å². The molecule has 4 nitrogen and oxygen atoms in total. The Labute approximate surface area is 92.8 Å². The first-order valence-corrected chi connectivity index (χ1v) is 4.99. The van der Waals surface area contributed by atoms with Crippen LogP contribution in [0.1, 0.15) is 11.7 Å². The second-order valence-electron chi connectivity index (χ2n) is 3.54. The van der Waals surface area contributed by atoms with Crippen LogP contribution in [0.4, 0.5) is 0 Å². The van der Waals surface area contributed by atoms with Gasteiger partial charge in [-0.15, -0.1) is 0 Å².